The zero-order chi connectivity index (χ0) is 15.1. The lowest BCUT2D eigenvalue weighted by molar-refractivity contribution is -0.326. The van der Waals surface area contributed by atoms with Gasteiger partial charge in [-0.3, -0.25) is 0 Å². The molecule has 20 heavy (non-hydrogen) atoms. The first kappa shape index (κ1) is 14.4. The summed E-state index contributed by atoms with van der Waals surface area (Å²) < 4.78 is 49.0. The van der Waals surface area contributed by atoms with Crippen molar-refractivity contribution in [3.05, 3.63) is 34.9 Å². The van der Waals surface area contributed by atoms with Crippen LogP contribution in [0.1, 0.15) is 11.1 Å². The van der Waals surface area contributed by atoms with Crippen molar-refractivity contribution in [3.8, 4) is 5.75 Å². The molecule has 0 bridgehead atoms. The van der Waals surface area contributed by atoms with Crippen LogP contribution in [0.5, 0.6) is 5.75 Å². The van der Waals surface area contributed by atoms with Gasteiger partial charge >= 0.3 is 17.9 Å². The average Bonchev–Trinajstić information content (AvgIpc) is 2.35. The van der Waals surface area contributed by atoms with E-state index in [0.29, 0.717) is 0 Å². The Kier molecular flexibility index (Phi) is 3.25. The number of methoxy groups -OCH3 is 1. The van der Waals surface area contributed by atoms with Crippen molar-refractivity contribution in [2.24, 2.45) is 0 Å². The van der Waals surface area contributed by atoms with Crippen LogP contribution < -0.4 is 4.74 Å². The van der Waals surface area contributed by atoms with E-state index in [1.54, 1.807) is 13.0 Å². The Morgan fingerprint density at radius 2 is 2.05 bits per heavy atom. The number of carboxylic acids is 1. The molecule has 0 amide bonds. The van der Waals surface area contributed by atoms with E-state index in [-0.39, 0.29) is 11.3 Å². The lowest BCUT2D eigenvalue weighted by atomic mass is 9.97. The molecule has 1 aliphatic rings. The van der Waals surface area contributed by atoms with Crippen molar-refractivity contribution < 1.29 is 32.5 Å². The number of carbonyl (C=O) groups is 1. The molecule has 0 spiro atoms. The van der Waals surface area contributed by atoms with Crippen molar-refractivity contribution in [1.29, 1.82) is 0 Å². The molecule has 0 unspecified atom stereocenters. The molecule has 0 saturated heterocycles. The van der Waals surface area contributed by atoms with E-state index in [0.717, 1.165) is 18.7 Å². The minimum Gasteiger partial charge on any atom is -0.478 e. The first-order valence-electron chi connectivity index (χ1n) is 5.58. The fraction of sp³-hybridized carbons (Fsp3) is 0.308. The van der Waals surface area contributed by atoms with Crippen LogP contribution in [0.2, 0.25) is 0 Å². The summed E-state index contributed by atoms with van der Waals surface area (Å²) in [7, 11) is 0.753. The zero-order valence-corrected chi connectivity index (χ0v) is 10.6. The van der Waals surface area contributed by atoms with Crippen LogP contribution in [-0.2, 0) is 9.53 Å². The van der Waals surface area contributed by atoms with Crippen molar-refractivity contribution >= 4 is 12.0 Å². The van der Waals surface area contributed by atoms with Gasteiger partial charge in [0, 0.05) is 12.7 Å². The summed E-state index contributed by atoms with van der Waals surface area (Å²) in [5.41, 5.74) is 0.0233. The Balaban J connectivity index is 2.69. The van der Waals surface area contributed by atoms with Crippen molar-refractivity contribution in [2.45, 2.75) is 18.9 Å². The minimum atomic E-state index is -5.03. The Labute approximate surface area is 112 Å². The van der Waals surface area contributed by atoms with Gasteiger partial charge in [-0.1, -0.05) is 11.6 Å². The molecule has 1 aromatic rings. The molecule has 1 heterocycles. The number of alkyl halides is 3. The van der Waals surface area contributed by atoms with Crippen LogP contribution in [0.4, 0.5) is 13.2 Å². The van der Waals surface area contributed by atoms with Gasteiger partial charge in [0.1, 0.15) is 11.3 Å². The molecule has 4 nitrogen and oxygen atoms in total. The fourth-order valence-electron chi connectivity index (χ4n) is 2.01. The van der Waals surface area contributed by atoms with Gasteiger partial charge in [-0.2, -0.15) is 13.2 Å². The largest absolute Gasteiger partial charge is 0.478 e. The van der Waals surface area contributed by atoms with Gasteiger partial charge in [0.2, 0.25) is 0 Å². The zero-order valence-electron chi connectivity index (χ0n) is 10.6. The Morgan fingerprint density at radius 3 is 2.55 bits per heavy atom. The van der Waals surface area contributed by atoms with E-state index >= 15 is 0 Å². The molecule has 0 fully saturated rings. The smallest absolute Gasteiger partial charge is 0.460 e. The van der Waals surface area contributed by atoms with E-state index in [4.69, 9.17) is 9.84 Å². The maximum absolute atomic E-state index is 13.2. The van der Waals surface area contributed by atoms with Crippen LogP contribution in [-0.4, -0.2) is 30.1 Å². The average molecular weight is 288 g/mol. The molecule has 7 heteroatoms. The number of aliphatic carboxylic acids is 1. The van der Waals surface area contributed by atoms with Crippen LogP contribution in [0.15, 0.2) is 23.8 Å². The predicted molar refractivity (Wildman–Crippen MR) is 63.2 cm³/mol. The highest BCUT2D eigenvalue weighted by Crippen LogP contribution is 2.45. The monoisotopic (exact) mass is 288 g/mol. The highest BCUT2D eigenvalue weighted by atomic mass is 19.4. The Morgan fingerprint density at radius 1 is 1.40 bits per heavy atom. The van der Waals surface area contributed by atoms with Gasteiger partial charge in [0.15, 0.2) is 0 Å². The third-order valence-electron chi connectivity index (χ3n) is 2.96. The van der Waals surface area contributed by atoms with Crippen molar-refractivity contribution in [3.63, 3.8) is 0 Å². The number of aryl methyl sites for hydroxylation is 1. The Hall–Kier alpha value is -2.02. The standard InChI is InChI=1S/C13H11F3O4/c1-7-3-4-10-8(5-7)6-9(11(17)18)12(19-2,20-10)13(14,15)16/h3-6H,1-2H3,(H,17,18)/t12-/m0/s1. The number of benzene rings is 1. The molecular formula is C13H11F3O4. The van der Waals surface area contributed by atoms with Crippen LogP contribution in [0, 0.1) is 6.92 Å². The van der Waals surface area contributed by atoms with E-state index in [2.05, 4.69) is 4.74 Å². The third-order valence-corrected chi connectivity index (χ3v) is 2.96. The quantitative estimate of drug-likeness (QED) is 0.909. The molecule has 1 N–H and O–H groups in total. The molecule has 1 atom stereocenters. The topological polar surface area (TPSA) is 55.8 Å². The number of halogens is 3. The van der Waals surface area contributed by atoms with Crippen LogP contribution in [0.25, 0.3) is 6.08 Å². The number of fused-ring (bicyclic) bond motifs is 1. The number of hydrogen-bond donors (Lipinski definition) is 1. The summed E-state index contributed by atoms with van der Waals surface area (Å²) in [6.07, 6.45) is -4.11. The van der Waals surface area contributed by atoms with Crippen molar-refractivity contribution in [1.82, 2.24) is 0 Å². The lowest BCUT2D eigenvalue weighted by Crippen LogP contribution is -2.56. The molecule has 108 valence electrons. The van der Waals surface area contributed by atoms with Gasteiger partial charge in [0.25, 0.3) is 0 Å². The van der Waals surface area contributed by atoms with E-state index in [1.165, 1.54) is 12.1 Å². The fourth-order valence-corrected chi connectivity index (χ4v) is 2.01. The summed E-state index contributed by atoms with van der Waals surface area (Å²) in [5, 5.41) is 9.03. The highest BCUT2D eigenvalue weighted by molar-refractivity contribution is 5.95. The second-order valence-electron chi connectivity index (χ2n) is 4.32. The SMILES string of the molecule is CO[C@]1(C(F)(F)F)Oc2ccc(C)cc2C=C1C(=O)O. The van der Waals surface area contributed by atoms with Crippen molar-refractivity contribution in [2.75, 3.05) is 7.11 Å². The van der Waals surface area contributed by atoms with Gasteiger partial charge < -0.3 is 14.6 Å². The molecule has 0 radical (unpaired) electrons. The molecule has 0 aromatic heterocycles. The first-order valence-corrected chi connectivity index (χ1v) is 5.58. The summed E-state index contributed by atoms with van der Waals surface area (Å²) in [5.74, 6) is -5.14. The molecule has 1 aromatic carbocycles. The van der Waals surface area contributed by atoms with E-state index in [1.807, 2.05) is 0 Å². The van der Waals surface area contributed by atoms with Gasteiger partial charge in [-0.05, 0) is 25.1 Å². The van der Waals surface area contributed by atoms with E-state index in [9.17, 15) is 18.0 Å². The molecule has 0 aliphatic carbocycles. The molecule has 2 rings (SSSR count). The Bertz CT molecular complexity index is 592. The third kappa shape index (κ3) is 2.03. The molecule has 0 saturated carbocycles. The van der Waals surface area contributed by atoms with Gasteiger partial charge in [-0.15, -0.1) is 0 Å². The lowest BCUT2D eigenvalue weighted by Gasteiger charge is -2.37. The normalized spacial score (nSPS) is 21.8. The predicted octanol–water partition coefficient (Wildman–Crippen LogP) is 2.76. The van der Waals surface area contributed by atoms with Gasteiger partial charge in [-0.25, -0.2) is 4.79 Å². The maximum atomic E-state index is 13.2. The van der Waals surface area contributed by atoms with E-state index < -0.39 is 23.5 Å². The molecule has 1 aliphatic heterocycles. The second-order valence-corrected chi connectivity index (χ2v) is 4.32. The summed E-state index contributed by atoms with van der Waals surface area (Å²) in [4.78, 5) is 11.1. The number of hydrogen-bond acceptors (Lipinski definition) is 3. The number of rotatable bonds is 2. The van der Waals surface area contributed by atoms with Gasteiger partial charge in [0.05, 0.1) is 0 Å². The minimum absolute atomic E-state index is 0.0835. The summed E-state index contributed by atoms with van der Waals surface area (Å²) in [6.45, 7) is 1.73. The maximum Gasteiger partial charge on any atom is 0.460 e. The highest BCUT2D eigenvalue weighted by Gasteiger charge is 2.64. The number of ether oxygens (including phenoxy) is 2. The second kappa shape index (κ2) is 4.52. The number of carboxylic acid groups (broad SMARTS) is 1. The van der Waals surface area contributed by atoms with Crippen LogP contribution >= 0.6 is 0 Å². The van der Waals surface area contributed by atoms with Crippen LogP contribution in [0.3, 0.4) is 0 Å². The summed E-state index contributed by atoms with van der Waals surface area (Å²) >= 11 is 0. The molecular weight excluding hydrogens is 277 g/mol. The summed E-state index contributed by atoms with van der Waals surface area (Å²) in [6, 6.07) is 4.45. The first-order chi connectivity index (χ1) is 9.21.